The Bertz CT molecular complexity index is 611. The van der Waals surface area contributed by atoms with E-state index in [9.17, 15) is 4.79 Å². The lowest BCUT2D eigenvalue weighted by Gasteiger charge is -2.00. The molecule has 100 valence electrons. The highest BCUT2D eigenvalue weighted by molar-refractivity contribution is 8.02. The summed E-state index contributed by atoms with van der Waals surface area (Å²) < 4.78 is 12.4. The molecule has 0 spiro atoms. The molecular weight excluding hydrogens is 282 g/mol. The molecule has 1 saturated heterocycles. The first-order chi connectivity index (χ1) is 9.26. The molecule has 1 atom stereocenters. The minimum absolute atomic E-state index is 0.105. The standard InChI is InChI=1S/C13H13NO3S2/c1-2-16-8-3-4-9-11(7-8)19-13(14-9)18-10-5-6-17-12(10)15/h3-4,7,10H,2,5-6H2,1H3/t10-/m1/s1. The summed E-state index contributed by atoms with van der Waals surface area (Å²) in [6.07, 6.45) is 0.767. The lowest BCUT2D eigenvalue weighted by atomic mass is 10.3. The summed E-state index contributed by atoms with van der Waals surface area (Å²) in [5.74, 6) is 0.731. The van der Waals surface area contributed by atoms with E-state index in [0.29, 0.717) is 13.2 Å². The van der Waals surface area contributed by atoms with Crippen LogP contribution in [0.25, 0.3) is 10.2 Å². The maximum absolute atomic E-state index is 11.4. The monoisotopic (exact) mass is 295 g/mol. The number of hydrogen-bond acceptors (Lipinski definition) is 6. The topological polar surface area (TPSA) is 48.4 Å². The Balaban J connectivity index is 1.82. The van der Waals surface area contributed by atoms with Crippen LogP contribution in [0.2, 0.25) is 0 Å². The van der Waals surface area contributed by atoms with Crippen LogP contribution in [0, 0.1) is 0 Å². The maximum atomic E-state index is 11.4. The summed E-state index contributed by atoms with van der Waals surface area (Å²) >= 11 is 3.09. The summed E-state index contributed by atoms with van der Waals surface area (Å²) in [6, 6.07) is 5.87. The van der Waals surface area contributed by atoms with Crippen molar-refractivity contribution in [1.82, 2.24) is 4.98 Å². The highest BCUT2D eigenvalue weighted by atomic mass is 32.2. The van der Waals surface area contributed by atoms with Gasteiger partial charge in [-0.15, -0.1) is 11.3 Å². The van der Waals surface area contributed by atoms with E-state index in [0.717, 1.165) is 26.7 Å². The number of carbonyl (C=O) groups excluding carboxylic acids is 1. The van der Waals surface area contributed by atoms with Crippen molar-refractivity contribution in [2.24, 2.45) is 0 Å². The van der Waals surface area contributed by atoms with Gasteiger partial charge < -0.3 is 9.47 Å². The van der Waals surface area contributed by atoms with Gasteiger partial charge in [0.2, 0.25) is 0 Å². The van der Waals surface area contributed by atoms with Crippen molar-refractivity contribution < 1.29 is 14.3 Å². The van der Waals surface area contributed by atoms with E-state index in [1.165, 1.54) is 11.8 Å². The first kappa shape index (κ1) is 12.7. The predicted molar refractivity (Wildman–Crippen MR) is 76.0 cm³/mol. The summed E-state index contributed by atoms with van der Waals surface area (Å²) in [6.45, 7) is 3.14. The molecule has 19 heavy (non-hydrogen) atoms. The zero-order valence-electron chi connectivity index (χ0n) is 10.4. The van der Waals surface area contributed by atoms with E-state index in [-0.39, 0.29) is 11.2 Å². The summed E-state index contributed by atoms with van der Waals surface area (Å²) in [4.78, 5) is 16.0. The molecule has 0 radical (unpaired) electrons. The lowest BCUT2D eigenvalue weighted by Crippen LogP contribution is -2.08. The average molecular weight is 295 g/mol. The van der Waals surface area contributed by atoms with Crippen LogP contribution in [-0.2, 0) is 9.53 Å². The molecule has 4 nitrogen and oxygen atoms in total. The van der Waals surface area contributed by atoms with Crippen LogP contribution in [0.1, 0.15) is 13.3 Å². The summed E-state index contributed by atoms with van der Waals surface area (Å²) in [7, 11) is 0. The van der Waals surface area contributed by atoms with Gasteiger partial charge in [0.15, 0.2) is 4.34 Å². The third-order valence-corrected chi connectivity index (χ3v) is 5.14. The van der Waals surface area contributed by atoms with Crippen LogP contribution < -0.4 is 4.74 Å². The Morgan fingerprint density at radius 1 is 1.58 bits per heavy atom. The number of esters is 1. The minimum atomic E-state index is -0.126. The molecular formula is C13H13NO3S2. The number of fused-ring (bicyclic) bond motifs is 1. The van der Waals surface area contributed by atoms with Crippen molar-refractivity contribution in [2.75, 3.05) is 13.2 Å². The van der Waals surface area contributed by atoms with Crippen molar-refractivity contribution in [3.05, 3.63) is 18.2 Å². The van der Waals surface area contributed by atoms with Crippen LogP contribution in [0.4, 0.5) is 0 Å². The number of aromatic nitrogens is 1. The number of thiazole rings is 1. The van der Waals surface area contributed by atoms with Gasteiger partial charge in [0.05, 0.1) is 23.4 Å². The van der Waals surface area contributed by atoms with Crippen LogP contribution in [0.3, 0.4) is 0 Å². The fraction of sp³-hybridized carbons (Fsp3) is 0.385. The van der Waals surface area contributed by atoms with E-state index in [4.69, 9.17) is 9.47 Å². The molecule has 1 aromatic carbocycles. The van der Waals surface area contributed by atoms with Gasteiger partial charge in [0, 0.05) is 6.42 Å². The number of benzene rings is 1. The van der Waals surface area contributed by atoms with Crippen LogP contribution in [-0.4, -0.2) is 29.4 Å². The van der Waals surface area contributed by atoms with Gasteiger partial charge in [-0.05, 0) is 25.1 Å². The van der Waals surface area contributed by atoms with Crippen LogP contribution in [0.5, 0.6) is 5.75 Å². The van der Waals surface area contributed by atoms with E-state index in [1.807, 2.05) is 25.1 Å². The molecule has 1 fully saturated rings. The van der Waals surface area contributed by atoms with E-state index in [1.54, 1.807) is 11.3 Å². The van der Waals surface area contributed by atoms with Gasteiger partial charge in [-0.3, -0.25) is 4.79 Å². The van der Waals surface area contributed by atoms with Crippen molar-refractivity contribution in [1.29, 1.82) is 0 Å². The van der Waals surface area contributed by atoms with Gasteiger partial charge in [0.25, 0.3) is 0 Å². The third-order valence-electron chi connectivity index (χ3n) is 2.78. The second-order valence-corrected chi connectivity index (χ2v) is 6.59. The average Bonchev–Trinajstić information content (AvgIpc) is 2.96. The first-order valence-electron chi connectivity index (χ1n) is 6.13. The SMILES string of the molecule is CCOc1ccc2nc(S[C@@H]3CCOC3=O)sc2c1. The third kappa shape index (κ3) is 2.69. The van der Waals surface area contributed by atoms with E-state index < -0.39 is 0 Å². The Morgan fingerprint density at radius 2 is 2.47 bits per heavy atom. The fourth-order valence-electron chi connectivity index (χ4n) is 1.90. The second kappa shape index (κ2) is 5.38. The Kier molecular flexibility index (Phi) is 3.61. The summed E-state index contributed by atoms with van der Waals surface area (Å²) in [5.41, 5.74) is 0.947. The molecule has 1 aliphatic rings. The maximum Gasteiger partial charge on any atom is 0.319 e. The molecule has 0 N–H and O–H groups in total. The number of thioether (sulfide) groups is 1. The Morgan fingerprint density at radius 3 is 3.21 bits per heavy atom. The van der Waals surface area contributed by atoms with E-state index >= 15 is 0 Å². The fourth-order valence-corrected chi connectivity index (χ4v) is 4.21. The summed E-state index contributed by atoms with van der Waals surface area (Å²) in [5, 5.41) is -0.105. The molecule has 3 rings (SSSR count). The quantitative estimate of drug-likeness (QED) is 0.811. The lowest BCUT2D eigenvalue weighted by molar-refractivity contribution is -0.137. The highest BCUT2D eigenvalue weighted by Crippen LogP contribution is 2.36. The number of hydrogen-bond donors (Lipinski definition) is 0. The molecule has 6 heteroatoms. The van der Waals surface area contributed by atoms with E-state index in [2.05, 4.69) is 4.98 Å². The number of nitrogens with zero attached hydrogens (tertiary/aromatic N) is 1. The zero-order chi connectivity index (χ0) is 13.2. The Labute approximate surface area is 119 Å². The van der Waals surface area contributed by atoms with Crippen molar-refractivity contribution in [3.63, 3.8) is 0 Å². The predicted octanol–water partition coefficient (Wildman–Crippen LogP) is 3.10. The normalized spacial score (nSPS) is 18.8. The van der Waals surface area contributed by atoms with Gasteiger partial charge in [-0.1, -0.05) is 11.8 Å². The number of rotatable bonds is 4. The Hall–Kier alpha value is -1.27. The minimum Gasteiger partial charge on any atom is -0.494 e. The molecule has 0 aliphatic carbocycles. The number of carbonyl (C=O) groups is 1. The molecule has 0 saturated carbocycles. The number of ether oxygens (including phenoxy) is 2. The van der Waals surface area contributed by atoms with Gasteiger partial charge >= 0.3 is 5.97 Å². The van der Waals surface area contributed by atoms with Gasteiger partial charge in [0.1, 0.15) is 11.0 Å². The van der Waals surface area contributed by atoms with Gasteiger partial charge in [-0.2, -0.15) is 0 Å². The first-order valence-corrected chi connectivity index (χ1v) is 7.82. The highest BCUT2D eigenvalue weighted by Gasteiger charge is 2.28. The molecule has 1 aromatic heterocycles. The van der Waals surface area contributed by atoms with Gasteiger partial charge in [-0.25, -0.2) is 4.98 Å². The van der Waals surface area contributed by atoms with Crippen molar-refractivity contribution in [2.45, 2.75) is 22.9 Å². The smallest absolute Gasteiger partial charge is 0.319 e. The van der Waals surface area contributed by atoms with Crippen molar-refractivity contribution in [3.8, 4) is 5.75 Å². The van der Waals surface area contributed by atoms with Crippen molar-refractivity contribution >= 4 is 39.3 Å². The van der Waals surface area contributed by atoms with Crippen LogP contribution in [0.15, 0.2) is 22.5 Å². The molecule has 2 heterocycles. The largest absolute Gasteiger partial charge is 0.494 e. The molecule has 0 amide bonds. The molecule has 2 aromatic rings. The molecule has 0 bridgehead atoms. The second-order valence-electron chi connectivity index (χ2n) is 4.10. The number of cyclic esters (lactones) is 1. The zero-order valence-corrected chi connectivity index (χ0v) is 12.1. The molecule has 1 aliphatic heterocycles. The molecule has 0 unspecified atom stereocenters. The van der Waals surface area contributed by atoms with Crippen LogP contribution >= 0.6 is 23.1 Å².